The third-order valence-electron chi connectivity index (χ3n) is 2.25. The Kier molecular flexibility index (Phi) is 4.35. The number of hydrogen-bond donors (Lipinski definition) is 2. The number of amides is 1. The molecule has 5 heteroatoms. The molecule has 15 heavy (non-hydrogen) atoms. The van der Waals surface area contributed by atoms with Gasteiger partial charge in [0.25, 0.3) is 5.91 Å². The second-order valence-electron chi connectivity index (χ2n) is 3.42. The molecule has 1 atom stereocenters. The summed E-state index contributed by atoms with van der Waals surface area (Å²) in [5.41, 5.74) is 0.578. The minimum Gasteiger partial charge on any atom is -0.394 e. The van der Waals surface area contributed by atoms with Crippen molar-refractivity contribution in [1.82, 2.24) is 9.88 Å². The van der Waals surface area contributed by atoms with Crippen molar-refractivity contribution >= 4 is 21.8 Å². The predicted octanol–water partition coefficient (Wildman–Crippen LogP) is 1.29. The number of carbonyl (C=O) groups is 1. The van der Waals surface area contributed by atoms with E-state index in [1.807, 2.05) is 13.1 Å². The number of nitrogens with one attached hydrogen (secondary N) is 1. The molecular formula is C10H15BrN2O2. The van der Waals surface area contributed by atoms with E-state index in [0.29, 0.717) is 12.1 Å². The van der Waals surface area contributed by atoms with E-state index >= 15 is 0 Å². The van der Waals surface area contributed by atoms with Crippen LogP contribution in [-0.2, 0) is 7.05 Å². The van der Waals surface area contributed by atoms with Crippen LogP contribution in [-0.4, -0.2) is 28.2 Å². The first kappa shape index (κ1) is 12.3. The topological polar surface area (TPSA) is 54.3 Å². The molecule has 0 unspecified atom stereocenters. The lowest BCUT2D eigenvalue weighted by atomic mass is 10.2. The molecule has 0 aliphatic carbocycles. The van der Waals surface area contributed by atoms with Gasteiger partial charge in [0.05, 0.1) is 12.6 Å². The monoisotopic (exact) mass is 274 g/mol. The Morgan fingerprint density at radius 1 is 1.73 bits per heavy atom. The van der Waals surface area contributed by atoms with E-state index in [-0.39, 0.29) is 18.6 Å². The van der Waals surface area contributed by atoms with Crippen LogP contribution in [0.25, 0.3) is 0 Å². The molecule has 2 N–H and O–H groups in total. The Bertz CT molecular complexity index is 345. The number of nitrogens with zero attached hydrogens (tertiary/aromatic N) is 1. The van der Waals surface area contributed by atoms with Gasteiger partial charge in [-0.1, -0.05) is 6.92 Å². The lowest BCUT2D eigenvalue weighted by Gasteiger charge is -2.13. The minimum atomic E-state index is -0.175. The van der Waals surface area contributed by atoms with Gasteiger partial charge in [0.2, 0.25) is 0 Å². The van der Waals surface area contributed by atoms with Crippen molar-refractivity contribution in [2.24, 2.45) is 7.05 Å². The Morgan fingerprint density at radius 3 is 2.80 bits per heavy atom. The van der Waals surface area contributed by atoms with Gasteiger partial charge in [0.15, 0.2) is 0 Å². The Balaban J connectivity index is 2.72. The molecule has 84 valence electrons. The van der Waals surface area contributed by atoms with Crippen molar-refractivity contribution in [2.45, 2.75) is 19.4 Å². The zero-order valence-corrected chi connectivity index (χ0v) is 10.4. The van der Waals surface area contributed by atoms with Crippen LogP contribution < -0.4 is 5.32 Å². The van der Waals surface area contributed by atoms with Gasteiger partial charge in [0, 0.05) is 17.7 Å². The molecule has 0 saturated carbocycles. The van der Waals surface area contributed by atoms with Crippen LogP contribution in [0.2, 0.25) is 0 Å². The zero-order chi connectivity index (χ0) is 11.4. The van der Waals surface area contributed by atoms with Crippen LogP contribution in [0.1, 0.15) is 23.8 Å². The summed E-state index contributed by atoms with van der Waals surface area (Å²) in [5.74, 6) is -0.163. The number of aromatic nitrogens is 1. The van der Waals surface area contributed by atoms with E-state index in [4.69, 9.17) is 5.11 Å². The third kappa shape index (κ3) is 3.07. The fourth-order valence-electron chi connectivity index (χ4n) is 1.29. The van der Waals surface area contributed by atoms with E-state index in [0.717, 1.165) is 4.47 Å². The van der Waals surface area contributed by atoms with Crippen molar-refractivity contribution in [3.8, 4) is 0 Å². The molecule has 0 fully saturated rings. The third-order valence-corrected chi connectivity index (χ3v) is 2.69. The number of rotatable bonds is 4. The molecular weight excluding hydrogens is 260 g/mol. The molecule has 0 bridgehead atoms. The average Bonchev–Trinajstić information content (AvgIpc) is 2.54. The molecule has 0 radical (unpaired) electrons. The largest absolute Gasteiger partial charge is 0.394 e. The lowest BCUT2D eigenvalue weighted by Crippen LogP contribution is -2.37. The molecule has 1 amide bonds. The number of aryl methyl sites for hydroxylation is 1. The van der Waals surface area contributed by atoms with Crippen LogP contribution >= 0.6 is 15.9 Å². The molecule has 1 heterocycles. The molecule has 1 aromatic heterocycles. The number of aliphatic hydroxyl groups excluding tert-OH is 1. The second kappa shape index (κ2) is 5.32. The average molecular weight is 275 g/mol. The smallest absolute Gasteiger partial charge is 0.268 e. The van der Waals surface area contributed by atoms with Crippen LogP contribution in [0.15, 0.2) is 16.7 Å². The molecule has 4 nitrogen and oxygen atoms in total. The minimum absolute atomic E-state index is 0.0339. The molecule has 0 aliphatic rings. The van der Waals surface area contributed by atoms with Crippen molar-refractivity contribution in [2.75, 3.05) is 6.61 Å². The highest BCUT2D eigenvalue weighted by Gasteiger charge is 2.14. The Morgan fingerprint density at radius 2 is 2.40 bits per heavy atom. The first-order chi connectivity index (χ1) is 7.08. The fraction of sp³-hybridized carbons (Fsp3) is 0.500. The highest BCUT2D eigenvalue weighted by atomic mass is 79.9. The van der Waals surface area contributed by atoms with E-state index in [2.05, 4.69) is 21.2 Å². The number of carbonyl (C=O) groups excluding carboxylic acids is 1. The van der Waals surface area contributed by atoms with Gasteiger partial charge >= 0.3 is 0 Å². The van der Waals surface area contributed by atoms with Gasteiger partial charge < -0.3 is 15.0 Å². The number of aliphatic hydroxyl groups is 1. The van der Waals surface area contributed by atoms with Gasteiger partial charge in [0.1, 0.15) is 5.69 Å². The first-order valence-electron chi connectivity index (χ1n) is 4.82. The maximum absolute atomic E-state index is 11.7. The van der Waals surface area contributed by atoms with E-state index in [9.17, 15) is 4.79 Å². The Labute approximate surface area is 97.4 Å². The maximum atomic E-state index is 11.7. The van der Waals surface area contributed by atoms with Gasteiger partial charge in [-0.25, -0.2) is 0 Å². The molecule has 0 aliphatic heterocycles. The van der Waals surface area contributed by atoms with Crippen LogP contribution in [0, 0.1) is 0 Å². The fourth-order valence-corrected chi connectivity index (χ4v) is 1.81. The van der Waals surface area contributed by atoms with Gasteiger partial charge in [-0.15, -0.1) is 0 Å². The molecule has 1 aromatic rings. The normalized spacial score (nSPS) is 12.5. The summed E-state index contributed by atoms with van der Waals surface area (Å²) in [7, 11) is 1.81. The van der Waals surface area contributed by atoms with Crippen molar-refractivity contribution < 1.29 is 9.90 Å². The maximum Gasteiger partial charge on any atom is 0.268 e. The van der Waals surface area contributed by atoms with Crippen LogP contribution in [0.3, 0.4) is 0 Å². The quantitative estimate of drug-likeness (QED) is 0.870. The summed E-state index contributed by atoms with van der Waals surface area (Å²) in [6.45, 7) is 1.88. The van der Waals surface area contributed by atoms with Gasteiger partial charge in [-0.05, 0) is 28.4 Å². The summed E-state index contributed by atoms with van der Waals surface area (Å²) in [6, 6.07) is 1.57. The summed E-state index contributed by atoms with van der Waals surface area (Å²) < 4.78 is 2.61. The second-order valence-corrected chi connectivity index (χ2v) is 4.33. The summed E-state index contributed by atoms with van der Waals surface area (Å²) in [4.78, 5) is 11.7. The van der Waals surface area contributed by atoms with E-state index in [1.165, 1.54) is 0 Å². The highest BCUT2D eigenvalue weighted by Crippen LogP contribution is 2.13. The van der Waals surface area contributed by atoms with Gasteiger partial charge in [-0.2, -0.15) is 0 Å². The molecule has 0 saturated heterocycles. The van der Waals surface area contributed by atoms with Crippen molar-refractivity contribution in [3.63, 3.8) is 0 Å². The van der Waals surface area contributed by atoms with Crippen molar-refractivity contribution in [3.05, 3.63) is 22.4 Å². The first-order valence-corrected chi connectivity index (χ1v) is 5.61. The molecule has 0 aromatic carbocycles. The van der Waals surface area contributed by atoms with E-state index < -0.39 is 0 Å². The van der Waals surface area contributed by atoms with E-state index in [1.54, 1.807) is 17.7 Å². The highest BCUT2D eigenvalue weighted by molar-refractivity contribution is 9.10. The Hall–Kier alpha value is -0.810. The summed E-state index contributed by atoms with van der Waals surface area (Å²) >= 11 is 3.30. The van der Waals surface area contributed by atoms with Crippen LogP contribution in [0.5, 0.6) is 0 Å². The standard InChI is InChI=1S/C10H15BrN2O2/c1-3-8(6-14)12-10(15)9-4-7(11)5-13(9)2/h4-5,8,14H,3,6H2,1-2H3,(H,12,15)/t8-/m1/s1. The van der Waals surface area contributed by atoms with Crippen molar-refractivity contribution in [1.29, 1.82) is 0 Å². The zero-order valence-electron chi connectivity index (χ0n) is 8.83. The molecule has 0 spiro atoms. The summed E-state index contributed by atoms with van der Waals surface area (Å²) in [6.07, 6.45) is 2.53. The van der Waals surface area contributed by atoms with Crippen LogP contribution in [0.4, 0.5) is 0 Å². The lowest BCUT2D eigenvalue weighted by molar-refractivity contribution is 0.0906. The molecule has 1 rings (SSSR count). The van der Waals surface area contributed by atoms with Gasteiger partial charge in [-0.3, -0.25) is 4.79 Å². The SMILES string of the molecule is CC[C@H](CO)NC(=O)c1cc(Br)cn1C. The predicted molar refractivity (Wildman–Crippen MR) is 61.7 cm³/mol. The summed E-state index contributed by atoms with van der Waals surface area (Å²) in [5, 5.41) is 11.7. The number of hydrogen-bond acceptors (Lipinski definition) is 2. The number of halogens is 1.